The number of nitrogens with zero attached hydrogens (tertiary/aromatic N) is 3. The first kappa shape index (κ1) is 11.7. The molecule has 82 valence electrons. The Morgan fingerprint density at radius 1 is 1.56 bits per heavy atom. The third kappa shape index (κ3) is 2.78. The van der Waals surface area contributed by atoms with E-state index in [4.69, 9.17) is 10.4 Å². The average molecular weight is 219 g/mol. The number of rotatable bonds is 3. The highest BCUT2D eigenvalue weighted by Gasteiger charge is 2.15. The van der Waals surface area contributed by atoms with Crippen molar-refractivity contribution >= 4 is 11.9 Å². The van der Waals surface area contributed by atoms with Gasteiger partial charge in [-0.25, -0.2) is 4.98 Å². The Hall–Kier alpha value is -2.42. The number of carbonyl (C=O) groups excluding carboxylic acids is 1. The summed E-state index contributed by atoms with van der Waals surface area (Å²) in [7, 11) is 1.37. The molecule has 0 unspecified atom stereocenters. The summed E-state index contributed by atoms with van der Waals surface area (Å²) in [4.78, 5) is 26.8. The molecule has 1 heterocycles. The summed E-state index contributed by atoms with van der Waals surface area (Å²) in [5, 5.41) is 17.0. The van der Waals surface area contributed by atoms with Crippen molar-refractivity contribution in [1.29, 1.82) is 5.26 Å². The lowest BCUT2D eigenvalue weighted by Gasteiger charge is -2.13. The lowest BCUT2D eigenvalue weighted by atomic mass is 10.2. The first-order chi connectivity index (χ1) is 7.54. The van der Waals surface area contributed by atoms with Crippen molar-refractivity contribution in [3.8, 4) is 6.07 Å². The summed E-state index contributed by atoms with van der Waals surface area (Å²) in [6, 6.07) is 4.71. The van der Waals surface area contributed by atoms with Crippen LogP contribution in [0.3, 0.4) is 0 Å². The fraction of sp³-hybridized carbons (Fsp3) is 0.200. The van der Waals surface area contributed by atoms with Gasteiger partial charge in [-0.1, -0.05) is 0 Å². The molecular formula is C10H9N3O3. The highest BCUT2D eigenvalue weighted by Crippen LogP contribution is 2.02. The molecule has 1 N–H and O–H groups in total. The second-order valence-corrected chi connectivity index (χ2v) is 3.10. The van der Waals surface area contributed by atoms with E-state index in [1.165, 1.54) is 25.4 Å². The minimum absolute atomic E-state index is 0.114. The number of hydrogen-bond donors (Lipinski definition) is 1. The van der Waals surface area contributed by atoms with Gasteiger partial charge in [-0.05, 0) is 12.1 Å². The number of nitriles is 1. The van der Waals surface area contributed by atoms with Crippen LogP contribution in [0.15, 0.2) is 18.3 Å². The highest BCUT2D eigenvalue weighted by atomic mass is 16.4. The third-order valence-corrected chi connectivity index (χ3v) is 1.83. The van der Waals surface area contributed by atoms with E-state index in [0.717, 1.165) is 4.90 Å². The molecular weight excluding hydrogens is 210 g/mol. The molecule has 0 atom stereocenters. The minimum Gasteiger partial charge on any atom is -0.480 e. The van der Waals surface area contributed by atoms with Crippen molar-refractivity contribution in [2.24, 2.45) is 0 Å². The van der Waals surface area contributed by atoms with E-state index in [9.17, 15) is 9.59 Å². The van der Waals surface area contributed by atoms with E-state index in [0.29, 0.717) is 5.56 Å². The van der Waals surface area contributed by atoms with Crippen LogP contribution in [0.4, 0.5) is 0 Å². The van der Waals surface area contributed by atoms with Gasteiger partial charge in [0.2, 0.25) is 0 Å². The summed E-state index contributed by atoms with van der Waals surface area (Å²) in [6.07, 6.45) is 1.27. The van der Waals surface area contributed by atoms with Crippen LogP contribution in [-0.4, -0.2) is 40.5 Å². The molecule has 16 heavy (non-hydrogen) atoms. The van der Waals surface area contributed by atoms with Crippen molar-refractivity contribution < 1.29 is 14.7 Å². The predicted molar refractivity (Wildman–Crippen MR) is 53.5 cm³/mol. The summed E-state index contributed by atoms with van der Waals surface area (Å²) >= 11 is 0. The zero-order valence-electron chi connectivity index (χ0n) is 8.54. The maximum absolute atomic E-state index is 11.6. The van der Waals surface area contributed by atoms with Gasteiger partial charge in [0.1, 0.15) is 18.3 Å². The molecule has 1 amide bonds. The first-order valence-corrected chi connectivity index (χ1v) is 4.38. The largest absolute Gasteiger partial charge is 0.480 e. The number of amides is 1. The average Bonchev–Trinajstić information content (AvgIpc) is 2.27. The predicted octanol–water partition coefficient (Wildman–Crippen LogP) is 0.110. The Kier molecular flexibility index (Phi) is 3.56. The van der Waals surface area contributed by atoms with Crippen LogP contribution in [0.2, 0.25) is 0 Å². The number of aliphatic carboxylic acids is 1. The Morgan fingerprint density at radius 3 is 2.69 bits per heavy atom. The SMILES string of the molecule is CN(CC(=O)O)C(=O)c1ccc(C#N)cn1. The van der Waals surface area contributed by atoms with Crippen LogP contribution in [0.1, 0.15) is 16.1 Å². The molecule has 0 spiro atoms. The maximum atomic E-state index is 11.6. The van der Waals surface area contributed by atoms with Gasteiger partial charge >= 0.3 is 5.97 Å². The first-order valence-electron chi connectivity index (χ1n) is 4.38. The summed E-state index contributed by atoms with van der Waals surface area (Å²) in [5.41, 5.74) is 0.459. The van der Waals surface area contributed by atoms with Gasteiger partial charge in [0, 0.05) is 13.2 Å². The van der Waals surface area contributed by atoms with Gasteiger partial charge in [0.05, 0.1) is 5.56 Å². The lowest BCUT2D eigenvalue weighted by Crippen LogP contribution is -2.32. The van der Waals surface area contributed by atoms with Gasteiger partial charge in [-0.15, -0.1) is 0 Å². The standard InChI is InChI=1S/C10H9N3O3/c1-13(6-9(14)15)10(16)8-3-2-7(4-11)5-12-8/h2-3,5H,6H2,1H3,(H,14,15). The zero-order valence-corrected chi connectivity index (χ0v) is 8.54. The summed E-state index contributed by atoms with van der Waals surface area (Å²) in [5.74, 6) is -1.59. The molecule has 0 aliphatic rings. The molecule has 1 aromatic rings. The van der Waals surface area contributed by atoms with Gasteiger partial charge in [-0.3, -0.25) is 9.59 Å². The van der Waals surface area contributed by atoms with E-state index in [-0.39, 0.29) is 12.2 Å². The fourth-order valence-corrected chi connectivity index (χ4v) is 1.06. The molecule has 6 heteroatoms. The number of likely N-dealkylation sites (N-methyl/N-ethyl adjacent to an activating group) is 1. The monoisotopic (exact) mass is 219 g/mol. The minimum atomic E-state index is -1.09. The number of carboxylic acid groups (broad SMARTS) is 1. The smallest absolute Gasteiger partial charge is 0.323 e. The molecule has 0 radical (unpaired) electrons. The van der Waals surface area contributed by atoms with Crippen molar-refractivity contribution in [3.63, 3.8) is 0 Å². The quantitative estimate of drug-likeness (QED) is 0.778. The van der Waals surface area contributed by atoms with Crippen LogP contribution in [0.25, 0.3) is 0 Å². The third-order valence-electron chi connectivity index (χ3n) is 1.83. The molecule has 1 aromatic heterocycles. The van der Waals surface area contributed by atoms with Crippen LogP contribution >= 0.6 is 0 Å². The molecule has 0 bridgehead atoms. The molecule has 0 aliphatic heterocycles. The molecule has 0 saturated heterocycles. The van der Waals surface area contributed by atoms with Crippen LogP contribution in [0, 0.1) is 11.3 Å². The Morgan fingerprint density at radius 2 is 2.25 bits per heavy atom. The Balaban J connectivity index is 2.80. The number of carbonyl (C=O) groups is 2. The second-order valence-electron chi connectivity index (χ2n) is 3.10. The molecule has 0 fully saturated rings. The van der Waals surface area contributed by atoms with Crippen molar-refractivity contribution in [2.45, 2.75) is 0 Å². The molecule has 1 rings (SSSR count). The van der Waals surface area contributed by atoms with Crippen molar-refractivity contribution in [1.82, 2.24) is 9.88 Å². The summed E-state index contributed by atoms with van der Waals surface area (Å²) < 4.78 is 0. The number of hydrogen-bond acceptors (Lipinski definition) is 4. The van der Waals surface area contributed by atoms with E-state index < -0.39 is 11.9 Å². The van der Waals surface area contributed by atoms with Gasteiger partial charge in [0.25, 0.3) is 5.91 Å². The molecule has 0 saturated carbocycles. The lowest BCUT2D eigenvalue weighted by molar-refractivity contribution is -0.137. The highest BCUT2D eigenvalue weighted by molar-refractivity contribution is 5.93. The van der Waals surface area contributed by atoms with Crippen molar-refractivity contribution in [3.05, 3.63) is 29.6 Å². The van der Waals surface area contributed by atoms with Gasteiger partial charge < -0.3 is 10.0 Å². The molecule has 0 aromatic carbocycles. The van der Waals surface area contributed by atoms with Gasteiger partial charge in [-0.2, -0.15) is 5.26 Å². The Labute approximate surface area is 91.7 Å². The van der Waals surface area contributed by atoms with E-state index >= 15 is 0 Å². The van der Waals surface area contributed by atoms with E-state index in [2.05, 4.69) is 4.98 Å². The van der Waals surface area contributed by atoms with Crippen molar-refractivity contribution in [2.75, 3.05) is 13.6 Å². The number of carboxylic acids is 1. The van der Waals surface area contributed by atoms with Crippen LogP contribution in [-0.2, 0) is 4.79 Å². The normalized spacial score (nSPS) is 9.25. The number of pyridine rings is 1. The molecule has 0 aliphatic carbocycles. The Bertz CT molecular complexity index is 447. The number of aromatic nitrogens is 1. The fourth-order valence-electron chi connectivity index (χ4n) is 1.06. The topological polar surface area (TPSA) is 94.3 Å². The maximum Gasteiger partial charge on any atom is 0.323 e. The van der Waals surface area contributed by atoms with E-state index in [1.807, 2.05) is 6.07 Å². The van der Waals surface area contributed by atoms with Crippen LogP contribution < -0.4 is 0 Å². The summed E-state index contributed by atoms with van der Waals surface area (Å²) in [6.45, 7) is -0.388. The van der Waals surface area contributed by atoms with Crippen LogP contribution in [0.5, 0.6) is 0 Å². The zero-order chi connectivity index (χ0) is 12.1. The van der Waals surface area contributed by atoms with E-state index in [1.54, 1.807) is 0 Å². The second kappa shape index (κ2) is 4.89. The molecule has 6 nitrogen and oxygen atoms in total. The van der Waals surface area contributed by atoms with Gasteiger partial charge in [0.15, 0.2) is 0 Å².